The van der Waals surface area contributed by atoms with Crippen molar-refractivity contribution in [3.8, 4) is 5.75 Å². The highest BCUT2D eigenvalue weighted by Crippen LogP contribution is 2.24. The highest BCUT2D eigenvalue weighted by Gasteiger charge is 2.07. The molecule has 1 aromatic carbocycles. The molecular formula is C16H20Cl2N2O. The molecular weight excluding hydrogens is 307 g/mol. The van der Waals surface area contributed by atoms with Crippen LogP contribution in [0, 0.1) is 6.92 Å². The lowest BCUT2D eigenvalue weighted by Crippen LogP contribution is -2.02. The molecule has 0 N–H and O–H groups in total. The number of imidazole rings is 1. The molecule has 21 heavy (non-hydrogen) atoms. The normalized spacial score (nSPS) is 10.9. The highest BCUT2D eigenvalue weighted by molar-refractivity contribution is 6.31. The summed E-state index contributed by atoms with van der Waals surface area (Å²) in [5, 5.41) is 1.20. The fourth-order valence-corrected chi connectivity index (χ4v) is 2.57. The van der Waals surface area contributed by atoms with Crippen LogP contribution >= 0.6 is 23.2 Å². The summed E-state index contributed by atoms with van der Waals surface area (Å²) in [4.78, 5) is 4.17. The van der Waals surface area contributed by atoms with Crippen molar-refractivity contribution in [1.82, 2.24) is 9.55 Å². The Labute approximate surface area is 135 Å². The Morgan fingerprint density at radius 2 is 2.05 bits per heavy atom. The van der Waals surface area contributed by atoms with Crippen LogP contribution in [-0.2, 0) is 6.54 Å². The summed E-state index contributed by atoms with van der Waals surface area (Å²) < 4.78 is 7.67. The second-order valence-electron chi connectivity index (χ2n) is 5.05. The van der Waals surface area contributed by atoms with Crippen molar-refractivity contribution in [3.05, 3.63) is 46.0 Å². The number of hydrogen-bond donors (Lipinski definition) is 0. The van der Waals surface area contributed by atoms with Crippen LogP contribution in [0.25, 0.3) is 0 Å². The Morgan fingerprint density at radius 1 is 1.24 bits per heavy atom. The van der Waals surface area contributed by atoms with Crippen LogP contribution in [0.1, 0.15) is 37.6 Å². The number of halogens is 2. The van der Waals surface area contributed by atoms with Gasteiger partial charge in [-0.2, -0.15) is 0 Å². The summed E-state index contributed by atoms with van der Waals surface area (Å²) in [7, 11) is 0. The van der Waals surface area contributed by atoms with Crippen molar-refractivity contribution in [3.63, 3.8) is 0 Å². The third-order valence-corrected chi connectivity index (χ3v) is 3.86. The van der Waals surface area contributed by atoms with Gasteiger partial charge in [0, 0.05) is 11.2 Å². The molecule has 0 radical (unpaired) electrons. The molecule has 1 aromatic heterocycles. The molecule has 2 aromatic rings. The van der Waals surface area contributed by atoms with E-state index in [1.54, 1.807) is 0 Å². The van der Waals surface area contributed by atoms with Gasteiger partial charge in [0.05, 0.1) is 13.2 Å². The number of aromatic nitrogens is 2. The quantitative estimate of drug-likeness (QED) is 0.660. The van der Waals surface area contributed by atoms with Gasteiger partial charge in [0.15, 0.2) is 0 Å². The van der Waals surface area contributed by atoms with Crippen molar-refractivity contribution >= 4 is 23.2 Å². The number of aryl methyl sites for hydroxylation is 1. The van der Waals surface area contributed by atoms with E-state index >= 15 is 0 Å². The molecule has 0 fully saturated rings. The maximum Gasteiger partial charge on any atom is 0.147 e. The molecule has 5 heteroatoms. The smallest absolute Gasteiger partial charge is 0.147 e. The number of ether oxygens (including phenoxy) is 1. The Hall–Kier alpha value is -1.19. The zero-order valence-electron chi connectivity index (χ0n) is 12.4. The van der Waals surface area contributed by atoms with E-state index < -0.39 is 0 Å². The molecule has 0 unspecified atom stereocenters. The minimum atomic E-state index is 0.500. The minimum absolute atomic E-state index is 0.500. The van der Waals surface area contributed by atoms with E-state index in [1.165, 1.54) is 12.8 Å². The average molecular weight is 327 g/mol. The van der Waals surface area contributed by atoms with Gasteiger partial charge in [-0.15, -0.1) is 0 Å². The number of unbranched alkanes of at least 4 members (excludes halogenated alkanes) is 2. The van der Waals surface area contributed by atoms with Crippen molar-refractivity contribution in [1.29, 1.82) is 0 Å². The zero-order valence-corrected chi connectivity index (χ0v) is 13.9. The van der Waals surface area contributed by atoms with E-state index in [-0.39, 0.29) is 0 Å². The molecule has 0 amide bonds. The van der Waals surface area contributed by atoms with Gasteiger partial charge in [0.1, 0.15) is 16.7 Å². The maximum absolute atomic E-state index is 6.33. The van der Waals surface area contributed by atoms with Gasteiger partial charge < -0.3 is 9.30 Å². The highest BCUT2D eigenvalue weighted by atomic mass is 35.5. The van der Waals surface area contributed by atoms with E-state index in [2.05, 4.69) is 11.9 Å². The van der Waals surface area contributed by atoms with Crippen LogP contribution in [0.3, 0.4) is 0 Å². The number of benzene rings is 1. The lowest BCUT2D eigenvalue weighted by atomic mass is 10.2. The van der Waals surface area contributed by atoms with E-state index in [4.69, 9.17) is 27.9 Å². The molecule has 1 heterocycles. The van der Waals surface area contributed by atoms with Crippen LogP contribution in [-0.4, -0.2) is 16.2 Å². The van der Waals surface area contributed by atoms with Gasteiger partial charge in [-0.05, 0) is 31.0 Å². The molecule has 0 aliphatic heterocycles. The molecule has 0 aliphatic carbocycles. The molecule has 2 rings (SSSR count). The van der Waals surface area contributed by atoms with Gasteiger partial charge >= 0.3 is 0 Å². The maximum atomic E-state index is 6.33. The molecule has 0 aliphatic rings. The van der Waals surface area contributed by atoms with Gasteiger partial charge in [0.25, 0.3) is 0 Å². The first kappa shape index (κ1) is 16.2. The third kappa shape index (κ3) is 4.65. The standard InChI is InChI=1S/C16H20Cl2N2O/c1-3-4-5-8-21-14-7-6-13(15(17)9-14)10-20-11-16(18)19-12(20)2/h6-7,9,11H,3-5,8,10H2,1-2H3. The van der Waals surface area contributed by atoms with Crippen LogP contribution in [0.4, 0.5) is 0 Å². The predicted octanol–water partition coefficient (Wildman–Crippen LogP) is 5.12. The second-order valence-corrected chi connectivity index (χ2v) is 5.84. The van der Waals surface area contributed by atoms with Crippen molar-refractivity contribution < 1.29 is 4.74 Å². The summed E-state index contributed by atoms with van der Waals surface area (Å²) >= 11 is 12.2. The van der Waals surface area contributed by atoms with Crippen LogP contribution < -0.4 is 4.74 Å². The predicted molar refractivity (Wildman–Crippen MR) is 87.5 cm³/mol. The van der Waals surface area contributed by atoms with Gasteiger partial charge in [0.2, 0.25) is 0 Å². The van der Waals surface area contributed by atoms with Crippen molar-refractivity contribution in [2.24, 2.45) is 0 Å². The fraction of sp³-hybridized carbons (Fsp3) is 0.438. The first-order valence-corrected chi connectivity index (χ1v) is 7.96. The Kier molecular flexibility index (Phi) is 5.95. The minimum Gasteiger partial charge on any atom is -0.494 e. The molecule has 0 atom stereocenters. The summed E-state index contributed by atoms with van der Waals surface area (Å²) in [5.41, 5.74) is 1.02. The first-order chi connectivity index (χ1) is 10.1. The molecule has 3 nitrogen and oxygen atoms in total. The Bertz CT molecular complexity index is 596. The summed E-state index contributed by atoms with van der Waals surface area (Å²) in [5.74, 6) is 1.69. The number of rotatable bonds is 7. The van der Waals surface area contributed by atoms with Crippen LogP contribution in [0.15, 0.2) is 24.4 Å². The monoisotopic (exact) mass is 326 g/mol. The number of nitrogens with zero attached hydrogens (tertiary/aromatic N) is 2. The summed E-state index contributed by atoms with van der Waals surface area (Å²) in [6.07, 6.45) is 5.26. The Morgan fingerprint density at radius 3 is 2.67 bits per heavy atom. The summed E-state index contributed by atoms with van der Waals surface area (Å²) in [6, 6.07) is 5.82. The molecule has 114 valence electrons. The molecule has 0 saturated carbocycles. The molecule has 0 saturated heterocycles. The summed E-state index contributed by atoms with van der Waals surface area (Å²) in [6.45, 7) is 5.49. The third-order valence-electron chi connectivity index (χ3n) is 3.33. The lowest BCUT2D eigenvalue weighted by Gasteiger charge is -2.10. The zero-order chi connectivity index (χ0) is 15.2. The molecule has 0 spiro atoms. The van der Waals surface area contributed by atoms with Crippen molar-refractivity contribution in [2.75, 3.05) is 6.61 Å². The van der Waals surface area contributed by atoms with E-state index in [1.807, 2.05) is 35.9 Å². The van der Waals surface area contributed by atoms with Crippen LogP contribution in [0.2, 0.25) is 10.2 Å². The second kappa shape index (κ2) is 7.71. The topological polar surface area (TPSA) is 27.1 Å². The Balaban J connectivity index is 2.00. The van der Waals surface area contributed by atoms with E-state index in [0.717, 1.165) is 30.2 Å². The average Bonchev–Trinajstić information content (AvgIpc) is 2.76. The first-order valence-electron chi connectivity index (χ1n) is 7.20. The van der Waals surface area contributed by atoms with Crippen molar-refractivity contribution in [2.45, 2.75) is 39.7 Å². The van der Waals surface area contributed by atoms with Gasteiger partial charge in [-0.1, -0.05) is 49.0 Å². The van der Waals surface area contributed by atoms with E-state index in [0.29, 0.717) is 16.7 Å². The van der Waals surface area contributed by atoms with Gasteiger partial charge in [-0.3, -0.25) is 0 Å². The van der Waals surface area contributed by atoms with Crippen LogP contribution in [0.5, 0.6) is 5.75 Å². The number of hydrogen-bond acceptors (Lipinski definition) is 2. The lowest BCUT2D eigenvalue weighted by molar-refractivity contribution is 0.306. The SMILES string of the molecule is CCCCCOc1ccc(Cn2cc(Cl)nc2C)c(Cl)c1. The van der Waals surface area contributed by atoms with E-state index in [9.17, 15) is 0 Å². The van der Waals surface area contributed by atoms with Gasteiger partial charge in [-0.25, -0.2) is 4.98 Å². The molecule has 0 bridgehead atoms. The fourth-order valence-electron chi connectivity index (χ4n) is 2.10. The largest absolute Gasteiger partial charge is 0.494 e.